The molecule has 0 aromatic carbocycles. The molecule has 3 N–H and O–H groups in total. The van der Waals surface area contributed by atoms with E-state index >= 15 is 0 Å². The largest absolute Gasteiger partial charge is 0.490 e. The van der Waals surface area contributed by atoms with Gasteiger partial charge >= 0.3 is 23.5 Å². The Morgan fingerprint density at radius 3 is 0.796 bits per heavy atom. The number of phosphoric ester groups is 1. The molecule has 0 amide bonds. The fourth-order valence-corrected chi connectivity index (χ4v) is 9.64. The van der Waals surface area contributed by atoms with Crippen molar-refractivity contribution in [2.24, 2.45) is 0 Å². The molecule has 0 aliphatic heterocycles. The minimum absolute atomic E-state index is 0.0371. The van der Waals surface area contributed by atoms with Crippen LogP contribution in [0.3, 0.4) is 0 Å². The van der Waals surface area contributed by atoms with Gasteiger partial charge in [0.05, 0.1) is 13.2 Å². The number of hydrogen-bond donors (Lipinski definition) is 3. The number of rotatable bonds is 40. The van der Waals surface area contributed by atoms with Gasteiger partial charge in [0.2, 0.25) is 0 Å². The third-order valence-electron chi connectivity index (χ3n) is 8.91. The van der Waals surface area contributed by atoms with Gasteiger partial charge in [-0.15, -0.1) is 0 Å². The summed E-state index contributed by atoms with van der Waals surface area (Å²) in [4.78, 5) is 27.6. The van der Waals surface area contributed by atoms with Crippen molar-refractivity contribution in [1.29, 1.82) is 0 Å². The van der Waals surface area contributed by atoms with Gasteiger partial charge in [-0.25, -0.2) is 13.7 Å². The predicted octanol–water partition coefficient (Wildman–Crippen LogP) is 13.9. The lowest BCUT2D eigenvalue weighted by atomic mass is 10.0. The molecular weight excluding hydrogens is 685 g/mol. The molecule has 0 spiro atoms. The van der Waals surface area contributed by atoms with E-state index in [1.165, 1.54) is 154 Å². The second-order valence-corrected chi connectivity index (χ2v) is 18.5. The van der Waals surface area contributed by atoms with E-state index in [4.69, 9.17) is 18.8 Å². The molecule has 0 bridgehead atoms. The molecule has 296 valence electrons. The summed E-state index contributed by atoms with van der Waals surface area (Å²) in [5, 5.41) is 0. The summed E-state index contributed by atoms with van der Waals surface area (Å²) in [5.74, 6) is 0. The van der Waals surface area contributed by atoms with Crippen LogP contribution in [-0.4, -0.2) is 27.9 Å². The second kappa shape index (κ2) is 34.2. The van der Waals surface area contributed by atoms with Crippen molar-refractivity contribution in [3.8, 4) is 0 Å². The summed E-state index contributed by atoms with van der Waals surface area (Å²) in [7, 11) is -15.4. The van der Waals surface area contributed by atoms with Crippen molar-refractivity contribution in [1.82, 2.24) is 0 Å². The molecule has 49 heavy (non-hydrogen) atoms. The highest BCUT2D eigenvalue weighted by molar-refractivity contribution is 7.66. The number of hydrogen-bond acceptors (Lipinski definition) is 7. The lowest BCUT2D eigenvalue weighted by Crippen LogP contribution is -2.03. The monoisotopic (exact) mass is 762 g/mol. The first-order valence-electron chi connectivity index (χ1n) is 20.2. The Bertz CT molecular complexity index is 813. The quantitative estimate of drug-likeness (QED) is 0.0407. The minimum Gasteiger partial charge on any atom is -0.302 e. The van der Waals surface area contributed by atoms with Gasteiger partial charge in [0.1, 0.15) is 0 Å². The first kappa shape index (κ1) is 49.4. The van der Waals surface area contributed by atoms with Crippen LogP contribution in [0.5, 0.6) is 0 Å². The van der Waals surface area contributed by atoms with Gasteiger partial charge in [-0.1, -0.05) is 206 Å². The molecular formula is C36H77O10P3. The first-order valence-corrected chi connectivity index (χ1v) is 24.7. The van der Waals surface area contributed by atoms with Gasteiger partial charge in [-0.05, 0) is 12.8 Å². The highest BCUT2D eigenvalue weighted by atomic mass is 31.3. The Kier molecular flexibility index (Phi) is 34.5. The summed E-state index contributed by atoms with van der Waals surface area (Å²) in [6.45, 7) is 4.43. The maximum atomic E-state index is 13.1. The Morgan fingerprint density at radius 1 is 0.347 bits per heavy atom. The van der Waals surface area contributed by atoms with Gasteiger partial charge in [-0.3, -0.25) is 9.05 Å². The Morgan fingerprint density at radius 2 is 0.571 bits per heavy atom. The zero-order valence-corrected chi connectivity index (χ0v) is 34.3. The molecule has 0 aliphatic rings. The fourth-order valence-electron chi connectivity index (χ4n) is 6.01. The van der Waals surface area contributed by atoms with Gasteiger partial charge in [-0.2, -0.15) is 8.62 Å². The lowest BCUT2D eigenvalue weighted by Gasteiger charge is -2.20. The molecule has 1 atom stereocenters. The fraction of sp³-hybridized carbons (Fsp3) is 1.00. The predicted molar refractivity (Wildman–Crippen MR) is 203 cm³/mol. The SMILES string of the molecule is CCCCCCCCCCCCCCCCCCOP(=O)(OCCCCCCCCCCCCCCCCCC)OP(=O)(O)OP(=O)(O)O. The highest BCUT2D eigenvalue weighted by Gasteiger charge is 2.42. The summed E-state index contributed by atoms with van der Waals surface area (Å²) < 4.78 is 55.2. The Hall–Kier alpha value is 0.410. The molecule has 0 rings (SSSR count). The van der Waals surface area contributed by atoms with Crippen molar-refractivity contribution in [3.63, 3.8) is 0 Å². The number of unbranched alkanes of at least 4 members (excludes halogenated alkanes) is 30. The van der Waals surface area contributed by atoms with E-state index in [1.54, 1.807) is 0 Å². The lowest BCUT2D eigenvalue weighted by molar-refractivity contribution is 0.134. The highest BCUT2D eigenvalue weighted by Crippen LogP contribution is 2.68. The van der Waals surface area contributed by atoms with Crippen molar-refractivity contribution in [2.45, 2.75) is 219 Å². The molecule has 1 unspecified atom stereocenters. The molecule has 0 aromatic heterocycles. The Balaban J connectivity index is 4.07. The summed E-state index contributed by atoms with van der Waals surface area (Å²) in [5.41, 5.74) is 0. The van der Waals surface area contributed by atoms with Gasteiger partial charge in [0.15, 0.2) is 0 Å². The molecule has 0 saturated carbocycles. The van der Waals surface area contributed by atoms with Gasteiger partial charge < -0.3 is 14.7 Å². The molecule has 10 nitrogen and oxygen atoms in total. The van der Waals surface area contributed by atoms with Crippen molar-refractivity contribution < 1.29 is 46.0 Å². The van der Waals surface area contributed by atoms with Crippen molar-refractivity contribution >= 4 is 23.5 Å². The van der Waals surface area contributed by atoms with Crippen LogP contribution < -0.4 is 0 Å². The molecule has 0 saturated heterocycles. The van der Waals surface area contributed by atoms with E-state index in [2.05, 4.69) is 22.5 Å². The average molecular weight is 763 g/mol. The van der Waals surface area contributed by atoms with Crippen molar-refractivity contribution in [2.75, 3.05) is 13.2 Å². The summed E-state index contributed by atoms with van der Waals surface area (Å²) in [6.07, 6.45) is 38.5. The Labute approximate surface area is 301 Å². The molecule has 0 radical (unpaired) electrons. The third-order valence-corrected chi connectivity index (χ3v) is 13.2. The van der Waals surface area contributed by atoms with Crippen LogP contribution in [0.15, 0.2) is 0 Å². The summed E-state index contributed by atoms with van der Waals surface area (Å²) >= 11 is 0. The van der Waals surface area contributed by atoms with E-state index in [-0.39, 0.29) is 13.2 Å². The van der Waals surface area contributed by atoms with Crippen LogP contribution in [0.2, 0.25) is 0 Å². The first-order chi connectivity index (χ1) is 23.5. The normalized spacial score (nSPS) is 13.7. The van der Waals surface area contributed by atoms with E-state index in [9.17, 15) is 18.6 Å². The van der Waals surface area contributed by atoms with E-state index in [1.807, 2.05) is 0 Å². The topological polar surface area (TPSA) is 149 Å². The van der Waals surface area contributed by atoms with Gasteiger partial charge in [0, 0.05) is 0 Å². The van der Waals surface area contributed by atoms with E-state index in [0.717, 1.165) is 38.5 Å². The molecule has 13 heteroatoms. The molecule has 0 aliphatic carbocycles. The maximum Gasteiger partial charge on any atom is 0.490 e. The van der Waals surface area contributed by atoms with Crippen LogP contribution in [0.25, 0.3) is 0 Å². The maximum absolute atomic E-state index is 13.1. The minimum atomic E-state index is -5.40. The van der Waals surface area contributed by atoms with E-state index in [0.29, 0.717) is 12.8 Å². The second-order valence-electron chi connectivity index (χ2n) is 13.8. The zero-order chi connectivity index (χ0) is 36.4. The molecule has 0 heterocycles. The average Bonchev–Trinajstić information content (AvgIpc) is 3.02. The molecule has 0 aromatic rings. The smallest absolute Gasteiger partial charge is 0.302 e. The van der Waals surface area contributed by atoms with Crippen LogP contribution in [0, 0.1) is 0 Å². The molecule has 0 fully saturated rings. The third kappa shape index (κ3) is 38.0. The standard InChI is InChI=1S/C36H77O10P3/c1-3-5-7-9-11-13-15-17-19-21-23-25-27-29-31-33-35-43-49(42,46-48(40,41)45-47(37,38)39)44-36-34-32-30-28-26-24-22-20-18-16-14-12-10-8-6-4-2/h3-36H2,1-2H3,(H,40,41)(H2,37,38,39). The van der Waals surface area contributed by atoms with Crippen LogP contribution >= 0.6 is 23.5 Å². The number of phosphoric acid groups is 3. The van der Waals surface area contributed by atoms with Crippen LogP contribution in [0.1, 0.15) is 219 Å². The van der Waals surface area contributed by atoms with Crippen LogP contribution in [0.4, 0.5) is 0 Å². The zero-order valence-electron chi connectivity index (χ0n) is 31.6. The summed E-state index contributed by atoms with van der Waals surface area (Å²) in [6, 6.07) is 0. The van der Waals surface area contributed by atoms with Gasteiger partial charge in [0.25, 0.3) is 0 Å². The van der Waals surface area contributed by atoms with E-state index < -0.39 is 23.5 Å². The van der Waals surface area contributed by atoms with Crippen molar-refractivity contribution in [3.05, 3.63) is 0 Å². The van der Waals surface area contributed by atoms with Crippen LogP contribution in [-0.2, 0) is 31.4 Å².